The number of non-ortho nitro benzene ring substituents is 2. The summed E-state index contributed by atoms with van der Waals surface area (Å²) < 4.78 is 0. The monoisotopic (exact) mass is 746 g/mol. The first-order valence-electron chi connectivity index (χ1n) is 17.4. The zero-order valence-corrected chi connectivity index (χ0v) is 31.0. The lowest BCUT2D eigenvalue weighted by atomic mass is 9.99. The van der Waals surface area contributed by atoms with E-state index in [9.17, 15) is 30.4 Å². The smallest absolute Gasteiger partial charge is 0.269 e. The van der Waals surface area contributed by atoms with Crippen molar-refractivity contribution >= 4 is 46.0 Å². The van der Waals surface area contributed by atoms with E-state index >= 15 is 0 Å². The fraction of sp³-hybridized carbons (Fsp3) is 0.350. The number of benzene rings is 4. The standard InChI is InChI=1S/C40H44Cl2N4O6/c1-27-21-39(47)33(23-35(27)41)37(43-25-29-13-17-31(18-14-29)45(49)50)11-9-7-5-3-4-6-8-10-12-38(34-24-36(42)28(2)22-40(34)48)44-26-30-15-19-32(20-16-30)46(51)52/h13-24,47-48H,3-12,25-26H2,1-2H3. The molecule has 0 amide bonds. The Kier molecular flexibility index (Phi) is 15.2. The highest BCUT2D eigenvalue weighted by atomic mass is 35.5. The molecule has 0 fully saturated rings. The van der Waals surface area contributed by atoms with Crippen LogP contribution in [0.1, 0.15) is 97.6 Å². The van der Waals surface area contributed by atoms with Gasteiger partial charge < -0.3 is 10.2 Å². The number of halogens is 2. The zero-order chi connectivity index (χ0) is 37.6. The van der Waals surface area contributed by atoms with Gasteiger partial charge in [0.1, 0.15) is 11.5 Å². The van der Waals surface area contributed by atoms with Crippen molar-refractivity contribution < 1.29 is 20.1 Å². The second-order valence-electron chi connectivity index (χ2n) is 12.9. The van der Waals surface area contributed by atoms with Crippen LogP contribution in [0.5, 0.6) is 11.5 Å². The minimum atomic E-state index is -0.430. The molecule has 0 atom stereocenters. The molecule has 0 aromatic heterocycles. The Morgan fingerprint density at radius 2 is 0.904 bits per heavy atom. The SMILES string of the molecule is Cc1cc(O)c(C(CCCCCCCCCCC(=NCc2ccc([N+](=O)[O-])cc2)c2cc(Cl)c(C)cc2O)=NCc2ccc([N+](=O)[O-])cc2)cc1Cl. The number of nitro groups is 2. The summed E-state index contributed by atoms with van der Waals surface area (Å²) in [6.45, 7) is 4.33. The molecule has 0 radical (unpaired) electrons. The maximum absolute atomic E-state index is 11.0. The third-order valence-electron chi connectivity index (χ3n) is 8.95. The summed E-state index contributed by atoms with van der Waals surface area (Å²) in [4.78, 5) is 30.8. The van der Waals surface area contributed by atoms with Gasteiger partial charge in [0.05, 0.1) is 22.9 Å². The Bertz CT molecular complexity index is 1770. The van der Waals surface area contributed by atoms with Crippen LogP contribution in [0.15, 0.2) is 82.8 Å². The summed E-state index contributed by atoms with van der Waals surface area (Å²) in [5.41, 5.74) is 6.00. The van der Waals surface area contributed by atoms with E-state index in [0.29, 0.717) is 47.1 Å². The molecule has 274 valence electrons. The second kappa shape index (κ2) is 19.7. The molecule has 0 saturated carbocycles. The van der Waals surface area contributed by atoms with Crippen molar-refractivity contribution in [1.29, 1.82) is 0 Å². The molecule has 0 unspecified atom stereocenters. The molecule has 10 nitrogen and oxygen atoms in total. The number of rotatable bonds is 19. The number of phenols is 2. The number of aliphatic imine (C=N–C) groups is 2. The van der Waals surface area contributed by atoms with Crippen molar-refractivity contribution in [2.24, 2.45) is 9.98 Å². The van der Waals surface area contributed by atoms with Gasteiger partial charge in [0.2, 0.25) is 0 Å². The number of nitrogens with zero attached hydrogens (tertiary/aromatic N) is 4. The number of hydrogen-bond acceptors (Lipinski definition) is 8. The largest absolute Gasteiger partial charge is 0.507 e. The quantitative estimate of drug-likeness (QED) is 0.0421. The molecule has 0 aliphatic carbocycles. The lowest BCUT2D eigenvalue weighted by Gasteiger charge is -2.12. The van der Waals surface area contributed by atoms with Crippen LogP contribution in [0, 0.1) is 34.1 Å². The summed E-state index contributed by atoms with van der Waals surface area (Å²) in [5, 5.41) is 44.5. The van der Waals surface area contributed by atoms with Gasteiger partial charge in [-0.05, 0) is 86.1 Å². The van der Waals surface area contributed by atoms with Gasteiger partial charge in [0, 0.05) is 56.9 Å². The van der Waals surface area contributed by atoms with Gasteiger partial charge in [-0.25, -0.2) is 0 Å². The Hall–Kier alpha value is -4.80. The normalized spacial score (nSPS) is 11.9. The van der Waals surface area contributed by atoms with Gasteiger partial charge in [0.25, 0.3) is 11.4 Å². The van der Waals surface area contributed by atoms with Crippen LogP contribution in [0.2, 0.25) is 10.0 Å². The predicted octanol–water partition coefficient (Wildman–Crippen LogP) is 11.4. The topological polar surface area (TPSA) is 151 Å². The Morgan fingerprint density at radius 3 is 1.23 bits per heavy atom. The molecule has 12 heteroatoms. The molecule has 4 aromatic rings. The average molecular weight is 748 g/mol. The highest BCUT2D eigenvalue weighted by Gasteiger charge is 2.14. The summed E-state index contributed by atoms with van der Waals surface area (Å²) in [6.07, 6.45) is 9.42. The first-order chi connectivity index (χ1) is 24.9. The van der Waals surface area contributed by atoms with Crippen molar-refractivity contribution in [2.45, 2.75) is 91.1 Å². The third-order valence-corrected chi connectivity index (χ3v) is 9.77. The molecule has 0 heterocycles. The van der Waals surface area contributed by atoms with Crippen LogP contribution in [-0.2, 0) is 13.1 Å². The predicted molar refractivity (Wildman–Crippen MR) is 209 cm³/mol. The van der Waals surface area contributed by atoms with Gasteiger partial charge in [0.15, 0.2) is 0 Å². The molecule has 52 heavy (non-hydrogen) atoms. The van der Waals surface area contributed by atoms with Gasteiger partial charge in [-0.15, -0.1) is 0 Å². The minimum Gasteiger partial charge on any atom is -0.507 e. The lowest BCUT2D eigenvalue weighted by Crippen LogP contribution is -2.04. The van der Waals surface area contributed by atoms with Crippen LogP contribution in [0.3, 0.4) is 0 Å². The molecule has 2 N–H and O–H groups in total. The summed E-state index contributed by atoms with van der Waals surface area (Å²) in [5.74, 6) is 0.258. The van der Waals surface area contributed by atoms with Crippen molar-refractivity contribution in [3.63, 3.8) is 0 Å². The molecule has 0 aliphatic heterocycles. The van der Waals surface area contributed by atoms with E-state index in [0.717, 1.165) is 85.0 Å². The fourth-order valence-electron chi connectivity index (χ4n) is 5.86. The Balaban J connectivity index is 1.26. The molecular weight excluding hydrogens is 703 g/mol. The number of phenolic OH excluding ortho intramolecular Hbond substituents is 2. The minimum absolute atomic E-state index is 0.0271. The molecule has 0 aliphatic rings. The van der Waals surface area contributed by atoms with E-state index in [-0.39, 0.29) is 22.9 Å². The van der Waals surface area contributed by atoms with Gasteiger partial charge >= 0.3 is 0 Å². The second-order valence-corrected chi connectivity index (χ2v) is 13.8. The number of nitro benzene ring substituents is 2. The van der Waals surface area contributed by atoms with Crippen LogP contribution in [0.25, 0.3) is 0 Å². The van der Waals surface area contributed by atoms with Gasteiger partial charge in [-0.3, -0.25) is 30.2 Å². The third kappa shape index (κ3) is 11.9. The lowest BCUT2D eigenvalue weighted by molar-refractivity contribution is -0.385. The highest BCUT2D eigenvalue weighted by Crippen LogP contribution is 2.30. The van der Waals surface area contributed by atoms with E-state index in [1.54, 1.807) is 48.5 Å². The first kappa shape index (κ1) is 40.0. The molecular formula is C40H44Cl2N4O6. The van der Waals surface area contributed by atoms with E-state index < -0.39 is 9.85 Å². The molecule has 0 spiro atoms. The van der Waals surface area contributed by atoms with Crippen LogP contribution in [0.4, 0.5) is 11.4 Å². The van der Waals surface area contributed by atoms with Gasteiger partial charge in [-0.1, -0.05) is 86.0 Å². The summed E-state index contributed by atoms with van der Waals surface area (Å²) >= 11 is 12.8. The Labute approximate surface area is 314 Å². The van der Waals surface area contributed by atoms with E-state index in [1.807, 2.05) is 13.8 Å². The number of aryl methyl sites for hydroxylation is 2. The first-order valence-corrected chi connectivity index (χ1v) is 18.2. The molecule has 4 rings (SSSR count). The van der Waals surface area contributed by atoms with Gasteiger partial charge in [-0.2, -0.15) is 0 Å². The number of aromatic hydroxyl groups is 2. The highest BCUT2D eigenvalue weighted by molar-refractivity contribution is 6.32. The number of hydrogen-bond donors (Lipinski definition) is 2. The molecule has 0 bridgehead atoms. The van der Waals surface area contributed by atoms with Crippen molar-refractivity contribution in [2.75, 3.05) is 0 Å². The molecule has 4 aromatic carbocycles. The average Bonchev–Trinajstić information content (AvgIpc) is 3.12. The maximum atomic E-state index is 11.0. The molecule has 0 saturated heterocycles. The van der Waals surface area contributed by atoms with Crippen molar-refractivity contribution in [3.05, 3.63) is 136 Å². The van der Waals surface area contributed by atoms with Crippen molar-refractivity contribution in [1.82, 2.24) is 0 Å². The van der Waals surface area contributed by atoms with E-state index in [2.05, 4.69) is 0 Å². The van der Waals surface area contributed by atoms with Crippen LogP contribution >= 0.6 is 23.2 Å². The van der Waals surface area contributed by atoms with Crippen LogP contribution in [-0.4, -0.2) is 31.5 Å². The summed E-state index contributed by atoms with van der Waals surface area (Å²) in [7, 11) is 0. The van der Waals surface area contributed by atoms with Crippen molar-refractivity contribution in [3.8, 4) is 11.5 Å². The summed E-state index contributed by atoms with van der Waals surface area (Å²) in [6, 6.07) is 19.4. The Morgan fingerprint density at radius 1 is 0.577 bits per heavy atom. The zero-order valence-electron chi connectivity index (χ0n) is 29.5. The van der Waals surface area contributed by atoms with E-state index in [4.69, 9.17) is 33.2 Å². The fourth-order valence-corrected chi connectivity index (χ4v) is 6.19. The maximum Gasteiger partial charge on any atom is 0.269 e. The van der Waals surface area contributed by atoms with E-state index in [1.165, 1.54) is 24.3 Å². The number of unbranched alkanes of at least 4 members (excludes halogenated alkanes) is 7. The van der Waals surface area contributed by atoms with Crippen LogP contribution < -0.4 is 0 Å².